The highest BCUT2D eigenvalue weighted by molar-refractivity contribution is 5.73. The van der Waals surface area contributed by atoms with Crippen molar-refractivity contribution in [2.45, 2.75) is 26.2 Å². The highest BCUT2D eigenvalue weighted by atomic mass is 16.2. The molecular formula is C10H21N3O. The zero-order valence-electron chi connectivity index (χ0n) is 9.01. The summed E-state index contributed by atoms with van der Waals surface area (Å²) < 4.78 is 0. The van der Waals surface area contributed by atoms with Crippen LogP contribution >= 0.6 is 0 Å². The van der Waals surface area contributed by atoms with E-state index in [1.165, 1.54) is 32.4 Å². The normalized spacial score (nSPS) is 17.8. The van der Waals surface area contributed by atoms with Crippen LogP contribution in [0.15, 0.2) is 0 Å². The number of likely N-dealkylation sites (tertiary alicyclic amines) is 1. The summed E-state index contributed by atoms with van der Waals surface area (Å²) in [5.74, 6) is 0. The molecule has 2 amide bonds. The molecule has 0 aromatic carbocycles. The molecule has 0 spiro atoms. The molecule has 0 radical (unpaired) electrons. The van der Waals surface area contributed by atoms with E-state index >= 15 is 0 Å². The first-order valence-electron chi connectivity index (χ1n) is 5.57. The van der Waals surface area contributed by atoms with Crippen molar-refractivity contribution in [3.8, 4) is 0 Å². The van der Waals surface area contributed by atoms with Gasteiger partial charge in [-0.1, -0.05) is 6.42 Å². The minimum atomic E-state index is -0.0514. The number of piperidine rings is 1. The predicted molar refractivity (Wildman–Crippen MR) is 57.4 cm³/mol. The first-order chi connectivity index (χ1) is 6.83. The summed E-state index contributed by atoms with van der Waals surface area (Å²) in [6.07, 6.45) is 3.97. The zero-order valence-corrected chi connectivity index (χ0v) is 9.01. The van der Waals surface area contributed by atoms with Crippen molar-refractivity contribution < 1.29 is 4.79 Å². The van der Waals surface area contributed by atoms with Gasteiger partial charge in [0.1, 0.15) is 0 Å². The van der Waals surface area contributed by atoms with Crippen LogP contribution in [-0.4, -0.2) is 43.7 Å². The van der Waals surface area contributed by atoms with Gasteiger partial charge in [0.05, 0.1) is 0 Å². The molecule has 2 N–H and O–H groups in total. The van der Waals surface area contributed by atoms with Gasteiger partial charge in [0.2, 0.25) is 0 Å². The Balaban J connectivity index is 1.99. The Bertz CT molecular complexity index is 167. The van der Waals surface area contributed by atoms with Gasteiger partial charge in [-0.3, -0.25) is 0 Å². The van der Waals surface area contributed by atoms with E-state index in [1.807, 2.05) is 6.92 Å². The van der Waals surface area contributed by atoms with Gasteiger partial charge in [-0.25, -0.2) is 4.79 Å². The van der Waals surface area contributed by atoms with Gasteiger partial charge in [0.25, 0.3) is 0 Å². The minimum absolute atomic E-state index is 0.0514. The number of carbonyl (C=O) groups is 1. The van der Waals surface area contributed by atoms with Crippen LogP contribution in [0.25, 0.3) is 0 Å². The third-order valence-corrected chi connectivity index (χ3v) is 2.50. The highest BCUT2D eigenvalue weighted by Crippen LogP contribution is 2.06. The maximum atomic E-state index is 11.0. The fourth-order valence-electron chi connectivity index (χ4n) is 1.73. The molecule has 1 saturated heterocycles. The van der Waals surface area contributed by atoms with E-state index in [0.717, 1.165) is 13.1 Å². The Kier molecular flexibility index (Phi) is 5.37. The summed E-state index contributed by atoms with van der Waals surface area (Å²) >= 11 is 0. The van der Waals surface area contributed by atoms with Crippen LogP contribution in [0.3, 0.4) is 0 Å². The maximum Gasteiger partial charge on any atom is 0.314 e. The molecule has 0 unspecified atom stereocenters. The molecule has 1 rings (SSSR count). The summed E-state index contributed by atoms with van der Waals surface area (Å²) in [6.45, 7) is 6.73. The van der Waals surface area contributed by atoms with Crippen molar-refractivity contribution in [1.29, 1.82) is 0 Å². The summed E-state index contributed by atoms with van der Waals surface area (Å²) in [5.41, 5.74) is 0. The average molecular weight is 199 g/mol. The van der Waals surface area contributed by atoms with Crippen LogP contribution in [0.1, 0.15) is 26.2 Å². The molecule has 1 aliphatic heterocycles. The first kappa shape index (κ1) is 11.3. The fourth-order valence-corrected chi connectivity index (χ4v) is 1.73. The summed E-state index contributed by atoms with van der Waals surface area (Å²) in [7, 11) is 0. The fraction of sp³-hybridized carbons (Fsp3) is 0.900. The molecule has 82 valence electrons. The zero-order chi connectivity index (χ0) is 10.2. The lowest BCUT2D eigenvalue weighted by molar-refractivity contribution is 0.221. The molecule has 0 saturated carbocycles. The number of amides is 2. The largest absolute Gasteiger partial charge is 0.338 e. The lowest BCUT2D eigenvalue weighted by Gasteiger charge is -2.26. The average Bonchev–Trinajstić information content (AvgIpc) is 2.20. The molecule has 0 bridgehead atoms. The third kappa shape index (κ3) is 4.46. The van der Waals surface area contributed by atoms with E-state index in [9.17, 15) is 4.79 Å². The van der Waals surface area contributed by atoms with Crippen LogP contribution in [0.5, 0.6) is 0 Å². The topological polar surface area (TPSA) is 44.4 Å². The van der Waals surface area contributed by atoms with Crippen molar-refractivity contribution in [2.24, 2.45) is 0 Å². The van der Waals surface area contributed by atoms with Crippen LogP contribution < -0.4 is 10.6 Å². The van der Waals surface area contributed by atoms with E-state index in [0.29, 0.717) is 6.54 Å². The Morgan fingerprint density at radius 1 is 1.21 bits per heavy atom. The van der Waals surface area contributed by atoms with E-state index in [-0.39, 0.29) is 6.03 Å². The molecule has 4 heteroatoms. The minimum Gasteiger partial charge on any atom is -0.338 e. The van der Waals surface area contributed by atoms with E-state index in [1.54, 1.807) is 0 Å². The quantitative estimate of drug-likeness (QED) is 0.703. The highest BCUT2D eigenvalue weighted by Gasteiger charge is 2.09. The molecular weight excluding hydrogens is 178 g/mol. The van der Waals surface area contributed by atoms with Crippen molar-refractivity contribution in [2.75, 3.05) is 32.7 Å². The Morgan fingerprint density at radius 3 is 2.57 bits per heavy atom. The van der Waals surface area contributed by atoms with Gasteiger partial charge < -0.3 is 15.5 Å². The monoisotopic (exact) mass is 199 g/mol. The van der Waals surface area contributed by atoms with Crippen molar-refractivity contribution >= 4 is 6.03 Å². The van der Waals surface area contributed by atoms with Crippen LogP contribution in [0.2, 0.25) is 0 Å². The standard InChI is InChI=1S/C10H21N3O/c1-2-11-10(14)12-6-9-13-7-4-3-5-8-13/h2-9H2,1H3,(H2,11,12,14). The number of hydrogen-bond acceptors (Lipinski definition) is 2. The lowest BCUT2D eigenvalue weighted by Crippen LogP contribution is -2.41. The smallest absolute Gasteiger partial charge is 0.314 e. The van der Waals surface area contributed by atoms with Crippen LogP contribution in [-0.2, 0) is 0 Å². The molecule has 14 heavy (non-hydrogen) atoms. The van der Waals surface area contributed by atoms with Gasteiger partial charge in [0.15, 0.2) is 0 Å². The molecule has 1 fully saturated rings. The van der Waals surface area contributed by atoms with E-state index in [4.69, 9.17) is 0 Å². The number of nitrogens with zero attached hydrogens (tertiary/aromatic N) is 1. The van der Waals surface area contributed by atoms with Crippen molar-refractivity contribution in [3.05, 3.63) is 0 Å². The molecule has 0 aromatic rings. The van der Waals surface area contributed by atoms with Crippen LogP contribution in [0, 0.1) is 0 Å². The molecule has 1 aliphatic rings. The second-order valence-corrected chi connectivity index (χ2v) is 3.69. The molecule has 4 nitrogen and oxygen atoms in total. The van der Waals surface area contributed by atoms with Gasteiger partial charge in [-0.2, -0.15) is 0 Å². The van der Waals surface area contributed by atoms with Crippen LogP contribution in [0.4, 0.5) is 4.79 Å². The number of rotatable bonds is 4. The first-order valence-corrected chi connectivity index (χ1v) is 5.57. The number of urea groups is 1. The SMILES string of the molecule is CCNC(=O)NCCN1CCCCC1. The maximum absolute atomic E-state index is 11.0. The summed E-state index contributed by atoms with van der Waals surface area (Å²) in [4.78, 5) is 13.5. The Labute approximate surface area is 86.0 Å². The van der Waals surface area contributed by atoms with Crippen molar-refractivity contribution in [3.63, 3.8) is 0 Å². The van der Waals surface area contributed by atoms with Gasteiger partial charge in [-0.15, -0.1) is 0 Å². The second kappa shape index (κ2) is 6.65. The van der Waals surface area contributed by atoms with E-state index < -0.39 is 0 Å². The van der Waals surface area contributed by atoms with Crippen molar-refractivity contribution in [1.82, 2.24) is 15.5 Å². The molecule has 0 atom stereocenters. The Hall–Kier alpha value is -0.770. The summed E-state index contributed by atoms with van der Waals surface area (Å²) in [6, 6.07) is -0.0514. The third-order valence-electron chi connectivity index (χ3n) is 2.50. The number of carbonyl (C=O) groups excluding carboxylic acids is 1. The lowest BCUT2D eigenvalue weighted by atomic mass is 10.1. The van der Waals surface area contributed by atoms with Gasteiger partial charge >= 0.3 is 6.03 Å². The summed E-state index contributed by atoms with van der Waals surface area (Å²) in [5, 5.41) is 5.55. The molecule has 0 aliphatic carbocycles. The molecule has 1 heterocycles. The second-order valence-electron chi connectivity index (χ2n) is 3.69. The number of nitrogens with one attached hydrogen (secondary N) is 2. The number of hydrogen-bond donors (Lipinski definition) is 2. The predicted octanol–water partition coefficient (Wildman–Crippen LogP) is 0.791. The van der Waals surface area contributed by atoms with Gasteiger partial charge in [-0.05, 0) is 32.9 Å². The molecule has 0 aromatic heterocycles. The Morgan fingerprint density at radius 2 is 1.93 bits per heavy atom. The van der Waals surface area contributed by atoms with E-state index in [2.05, 4.69) is 15.5 Å². The van der Waals surface area contributed by atoms with Gasteiger partial charge in [0, 0.05) is 19.6 Å².